The van der Waals surface area contributed by atoms with E-state index in [2.05, 4.69) is 66.4 Å². The van der Waals surface area contributed by atoms with Gasteiger partial charge in [-0.2, -0.15) is 0 Å². The van der Waals surface area contributed by atoms with Crippen LogP contribution in [0.3, 0.4) is 0 Å². The van der Waals surface area contributed by atoms with Crippen molar-refractivity contribution in [2.45, 2.75) is 52.4 Å². The van der Waals surface area contributed by atoms with Crippen LogP contribution in [0.4, 0.5) is 0 Å². The number of rotatable bonds is 7. The molecule has 0 spiro atoms. The van der Waals surface area contributed by atoms with E-state index in [-0.39, 0.29) is 12.1 Å². The molecule has 1 atom stereocenters. The highest BCUT2D eigenvalue weighted by Gasteiger charge is 2.24. The molecule has 1 aliphatic heterocycles. The van der Waals surface area contributed by atoms with E-state index in [1.54, 1.807) is 0 Å². The molecule has 3 aromatic carbocycles. The maximum absolute atomic E-state index is 12.1. The van der Waals surface area contributed by atoms with Gasteiger partial charge in [0.2, 0.25) is 0 Å². The van der Waals surface area contributed by atoms with E-state index in [4.69, 9.17) is 14.2 Å². The standard InChI is InChI=1S/C29H35NO4/c1-21-17-25(33-20-22-9-10-23-7-5-6-8-24(23)18-22)11-12-26(21)27-19-30(15-16-32-27)14-13-28(31)34-29(2,3)4/h5-12,17-18,27H,13-16,19-20H2,1-4H3. The lowest BCUT2D eigenvalue weighted by Gasteiger charge is -2.33. The number of hydrogen-bond acceptors (Lipinski definition) is 5. The zero-order chi connectivity index (χ0) is 24.1. The molecule has 4 rings (SSSR count). The van der Waals surface area contributed by atoms with E-state index in [1.807, 2.05) is 26.8 Å². The van der Waals surface area contributed by atoms with Crippen molar-refractivity contribution in [3.05, 3.63) is 77.4 Å². The third-order valence-corrected chi connectivity index (χ3v) is 6.01. The summed E-state index contributed by atoms with van der Waals surface area (Å²) in [6.45, 7) is 11.2. The molecule has 180 valence electrons. The van der Waals surface area contributed by atoms with E-state index in [1.165, 1.54) is 16.3 Å². The zero-order valence-corrected chi connectivity index (χ0v) is 20.7. The van der Waals surface area contributed by atoms with Gasteiger partial charge in [0, 0.05) is 19.6 Å². The van der Waals surface area contributed by atoms with Crippen LogP contribution in [0, 0.1) is 6.92 Å². The van der Waals surface area contributed by atoms with E-state index in [0.29, 0.717) is 26.2 Å². The van der Waals surface area contributed by atoms with Crippen molar-refractivity contribution < 1.29 is 19.0 Å². The summed E-state index contributed by atoms with van der Waals surface area (Å²) in [6.07, 6.45) is 0.381. The maximum Gasteiger partial charge on any atom is 0.307 e. The van der Waals surface area contributed by atoms with Crippen LogP contribution in [0.5, 0.6) is 5.75 Å². The molecule has 5 heteroatoms. The normalized spacial score (nSPS) is 17.0. The second-order valence-electron chi connectivity index (χ2n) is 9.99. The minimum absolute atomic E-state index is 0.0121. The summed E-state index contributed by atoms with van der Waals surface area (Å²) in [6, 6.07) is 21.0. The lowest BCUT2D eigenvalue weighted by atomic mass is 10.0. The van der Waals surface area contributed by atoms with Gasteiger partial charge in [-0.25, -0.2) is 0 Å². The van der Waals surface area contributed by atoms with Crippen molar-refractivity contribution in [3.63, 3.8) is 0 Å². The van der Waals surface area contributed by atoms with Crippen molar-refractivity contribution >= 4 is 16.7 Å². The summed E-state index contributed by atoms with van der Waals surface area (Å²) >= 11 is 0. The Bertz CT molecular complexity index is 1130. The summed E-state index contributed by atoms with van der Waals surface area (Å²) in [5, 5.41) is 2.46. The molecule has 1 saturated heterocycles. The third-order valence-electron chi connectivity index (χ3n) is 6.01. The lowest BCUT2D eigenvalue weighted by molar-refractivity contribution is -0.155. The fraction of sp³-hybridized carbons (Fsp3) is 0.414. The SMILES string of the molecule is Cc1cc(OCc2ccc3ccccc3c2)ccc1C1CN(CCC(=O)OC(C)(C)C)CCO1. The highest BCUT2D eigenvalue weighted by Crippen LogP contribution is 2.28. The molecule has 0 amide bonds. The number of esters is 1. The number of ether oxygens (including phenoxy) is 3. The molecule has 0 aliphatic carbocycles. The van der Waals surface area contributed by atoms with Gasteiger partial charge in [0.15, 0.2) is 0 Å². The number of fused-ring (bicyclic) bond motifs is 1. The average Bonchev–Trinajstić information content (AvgIpc) is 2.80. The van der Waals surface area contributed by atoms with Crippen molar-refractivity contribution in [2.75, 3.05) is 26.2 Å². The monoisotopic (exact) mass is 461 g/mol. The highest BCUT2D eigenvalue weighted by atomic mass is 16.6. The molecule has 1 aliphatic rings. The van der Waals surface area contributed by atoms with Crippen molar-refractivity contribution in [1.82, 2.24) is 4.90 Å². The molecular weight excluding hydrogens is 426 g/mol. The summed E-state index contributed by atoms with van der Waals surface area (Å²) in [7, 11) is 0. The second-order valence-corrected chi connectivity index (χ2v) is 9.99. The summed E-state index contributed by atoms with van der Waals surface area (Å²) in [4.78, 5) is 14.4. The molecule has 1 unspecified atom stereocenters. The first-order valence-corrected chi connectivity index (χ1v) is 12.0. The van der Waals surface area contributed by atoms with Crippen LogP contribution in [0.1, 0.15) is 50.0 Å². The Labute approximate surface area is 202 Å². The van der Waals surface area contributed by atoms with Crippen LogP contribution in [-0.2, 0) is 20.9 Å². The molecule has 0 radical (unpaired) electrons. The predicted octanol–water partition coefficient (Wildman–Crippen LogP) is 5.83. The number of aryl methyl sites for hydroxylation is 1. The molecule has 1 heterocycles. The van der Waals surface area contributed by atoms with Crippen molar-refractivity contribution in [2.24, 2.45) is 0 Å². The maximum atomic E-state index is 12.1. The van der Waals surface area contributed by atoms with Crippen molar-refractivity contribution in [1.29, 1.82) is 0 Å². The largest absolute Gasteiger partial charge is 0.489 e. The van der Waals surface area contributed by atoms with E-state index < -0.39 is 5.60 Å². The second kappa shape index (κ2) is 10.6. The number of carbonyl (C=O) groups is 1. The molecule has 0 saturated carbocycles. The number of benzene rings is 3. The van der Waals surface area contributed by atoms with Crippen LogP contribution in [0.15, 0.2) is 60.7 Å². The lowest BCUT2D eigenvalue weighted by Crippen LogP contribution is -2.40. The van der Waals surface area contributed by atoms with Crippen LogP contribution >= 0.6 is 0 Å². The molecule has 3 aromatic rings. The third kappa shape index (κ3) is 6.58. The van der Waals surface area contributed by atoms with Gasteiger partial charge >= 0.3 is 5.97 Å². The van der Waals surface area contributed by atoms with Gasteiger partial charge in [0.1, 0.15) is 18.0 Å². The van der Waals surface area contributed by atoms with Gasteiger partial charge in [-0.1, -0.05) is 42.5 Å². The zero-order valence-electron chi connectivity index (χ0n) is 20.7. The number of carbonyl (C=O) groups excluding carboxylic acids is 1. The van der Waals surface area contributed by atoms with Gasteiger partial charge in [0.05, 0.1) is 19.1 Å². The first-order valence-electron chi connectivity index (χ1n) is 12.0. The molecule has 0 N–H and O–H groups in total. The first kappa shape index (κ1) is 24.2. The molecule has 5 nitrogen and oxygen atoms in total. The van der Waals surface area contributed by atoms with Gasteiger partial charge in [-0.05, 0) is 73.4 Å². The van der Waals surface area contributed by atoms with Crippen LogP contribution in [-0.4, -0.2) is 42.7 Å². The minimum atomic E-state index is -0.445. The van der Waals surface area contributed by atoms with Crippen molar-refractivity contribution in [3.8, 4) is 5.75 Å². The minimum Gasteiger partial charge on any atom is -0.489 e. The van der Waals surface area contributed by atoms with Gasteiger partial charge in [-0.15, -0.1) is 0 Å². The summed E-state index contributed by atoms with van der Waals surface area (Å²) in [5.74, 6) is 0.701. The Morgan fingerprint density at radius 3 is 2.62 bits per heavy atom. The number of morpholine rings is 1. The Kier molecular flexibility index (Phi) is 7.54. The molecular formula is C29H35NO4. The Balaban J connectivity index is 1.33. The van der Waals surface area contributed by atoms with Crippen LogP contribution < -0.4 is 4.74 Å². The average molecular weight is 462 g/mol. The smallest absolute Gasteiger partial charge is 0.307 e. The van der Waals surface area contributed by atoms with E-state index in [9.17, 15) is 4.79 Å². The van der Waals surface area contributed by atoms with Gasteiger partial charge < -0.3 is 14.2 Å². The van der Waals surface area contributed by atoms with E-state index >= 15 is 0 Å². The quantitative estimate of drug-likeness (QED) is 0.414. The predicted molar refractivity (Wildman–Crippen MR) is 135 cm³/mol. The van der Waals surface area contributed by atoms with Crippen LogP contribution in [0.2, 0.25) is 0 Å². The Morgan fingerprint density at radius 2 is 1.85 bits per heavy atom. The molecule has 34 heavy (non-hydrogen) atoms. The Morgan fingerprint density at radius 1 is 1.06 bits per heavy atom. The van der Waals surface area contributed by atoms with Gasteiger partial charge in [-0.3, -0.25) is 9.69 Å². The molecule has 1 fully saturated rings. The molecule has 0 aromatic heterocycles. The topological polar surface area (TPSA) is 48.0 Å². The van der Waals surface area contributed by atoms with Gasteiger partial charge in [0.25, 0.3) is 0 Å². The first-order chi connectivity index (χ1) is 16.3. The fourth-order valence-electron chi connectivity index (χ4n) is 4.33. The Hall–Kier alpha value is -2.89. The fourth-order valence-corrected chi connectivity index (χ4v) is 4.33. The van der Waals surface area contributed by atoms with Crippen LogP contribution in [0.25, 0.3) is 10.8 Å². The molecule has 0 bridgehead atoms. The number of hydrogen-bond donors (Lipinski definition) is 0. The highest BCUT2D eigenvalue weighted by molar-refractivity contribution is 5.82. The summed E-state index contributed by atoms with van der Waals surface area (Å²) < 4.78 is 17.6. The van der Waals surface area contributed by atoms with E-state index in [0.717, 1.165) is 30.0 Å². The summed E-state index contributed by atoms with van der Waals surface area (Å²) in [5.41, 5.74) is 3.02. The number of nitrogens with zero attached hydrogens (tertiary/aromatic N) is 1.